The number of carbonyl (C=O) groups is 1. The van der Waals surface area contributed by atoms with Crippen LogP contribution in [-0.2, 0) is 0 Å². The van der Waals surface area contributed by atoms with Crippen LogP contribution in [0.4, 0.5) is 0 Å². The summed E-state index contributed by atoms with van der Waals surface area (Å²) in [5.74, 6) is 0.229. The molecule has 0 spiro atoms. The Morgan fingerprint density at radius 1 is 1.50 bits per heavy atom. The van der Waals surface area contributed by atoms with Gasteiger partial charge < -0.3 is 15.6 Å². The van der Waals surface area contributed by atoms with Crippen molar-refractivity contribution < 1.29 is 4.79 Å². The maximum absolute atomic E-state index is 12.3. The highest BCUT2D eigenvalue weighted by molar-refractivity contribution is 5.92. The largest absolute Gasteiger partial charge is 0.337 e. The molecule has 2 unspecified atom stereocenters. The Hall–Kier alpha value is -1.62. The second-order valence-corrected chi connectivity index (χ2v) is 4.84. The van der Waals surface area contributed by atoms with E-state index in [1.165, 1.54) is 6.07 Å². The number of aromatic amines is 1. The normalized spacial score (nSPS) is 23.0. The highest BCUT2D eigenvalue weighted by Gasteiger charge is 2.32. The molecule has 0 aromatic carbocycles. The van der Waals surface area contributed by atoms with Gasteiger partial charge in [0, 0.05) is 19.2 Å². The van der Waals surface area contributed by atoms with E-state index in [1.807, 2.05) is 0 Å². The van der Waals surface area contributed by atoms with Crippen molar-refractivity contribution in [2.75, 3.05) is 13.6 Å². The average Bonchev–Trinajstić information content (AvgIpc) is 2.85. The van der Waals surface area contributed by atoms with Gasteiger partial charge in [0.1, 0.15) is 5.69 Å². The van der Waals surface area contributed by atoms with Crippen molar-refractivity contribution in [2.45, 2.75) is 25.3 Å². The molecule has 1 heterocycles. The molecule has 1 aromatic rings. The van der Waals surface area contributed by atoms with Gasteiger partial charge in [0.25, 0.3) is 5.91 Å². The number of pyridine rings is 1. The van der Waals surface area contributed by atoms with E-state index in [0.717, 1.165) is 19.3 Å². The van der Waals surface area contributed by atoms with Gasteiger partial charge in [0.15, 0.2) is 0 Å². The van der Waals surface area contributed by atoms with Gasteiger partial charge in [-0.3, -0.25) is 9.59 Å². The molecule has 1 saturated carbocycles. The van der Waals surface area contributed by atoms with E-state index in [2.05, 4.69) is 4.98 Å². The molecule has 18 heavy (non-hydrogen) atoms. The van der Waals surface area contributed by atoms with Crippen molar-refractivity contribution >= 4 is 5.91 Å². The Balaban J connectivity index is 2.16. The van der Waals surface area contributed by atoms with Crippen LogP contribution in [0.3, 0.4) is 0 Å². The molecule has 2 atom stereocenters. The van der Waals surface area contributed by atoms with Crippen molar-refractivity contribution in [3.8, 4) is 0 Å². The molecule has 0 bridgehead atoms. The molecular formula is C13H19N3O2. The summed E-state index contributed by atoms with van der Waals surface area (Å²) in [6.07, 6.45) is 3.17. The van der Waals surface area contributed by atoms with Gasteiger partial charge in [-0.25, -0.2) is 0 Å². The van der Waals surface area contributed by atoms with E-state index in [-0.39, 0.29) is 17.5 Å². The lowest BCUT2D eigenvalue weighted by molar-refractivity contribution is 0.0693. The van der Waals surface area contributed by atoms with Gasteiger partial charge in [-0.2, -0.15) is 0 Å². The fraction of sp³-hybridized carbons (Fsp3) is 0.538. The third-order valence-electron chi connectivity index (χ3n) is 3.74. The molecule has 2 rings (SSSR count). The summed E-state index contributed by atoms with van der Waals surface area (Å²) in [6, 6.07) is 4.81. The third kappa shape index (κ3) is 2.46. The molecule has 3 N–H and O–H groups in total. The van der Waals surface area contributed by atoms with Crippen LogP contribution >= 0.6 is 0 Å². The SMILES string of the molecule is CN(C(=O)c1cccc(=O)[nH]1)C1CCCC1CN. The highest BCUT2D eigenvalue weighted by atomic mass is 16.2. The van der Waals surface area contributed by atoms with Crippen LogP contribution in [0.5, 0.6) is 0 Å². The van der Waals surface area contributed by atoms with E-state index in [1.54, 1.807) is 24.1 Å². The standard InChI is InChI=1S/C13H19N3O2/c1-16(11-6-2-4-9(11)8-14)13(18)10-5-3-7-12(17)15-10/h3,5,7,9,11H,2,4,6,8,14H2,1H3,(H,15,17). The van der Waals surface area contributed by atoms with Gasteiger partial charge in [0.05, 0.1) is 0 Å². The quantitative estimate of drug-likeness (QED) is 0.822. The zero-order chi connectivity index (χ0) is 13.1. The first-order chi connectivity index (χ1) is 8.63. The average molecular weight is 249 g/mol. The van der Waals surface area contributed by atoms with Gasteiger partial charge >= 0.3 is 0 Å². The molecule has 1 aromatic heterocycles. The monoisotopic (exact) mass is 249 g/mol. The Morgan fingerprint density at radius 2 is 2.28 bits per heavy atom. The van der Waals surface area contributed by atoms with E-state index < -0.39 is 0 Å². The van der Waals surface area contributed by atoms with E-state index >= 15 is 0 Å². The Bertz CT molecular complexity index is 483. The highest BCUT2D eigenvalue weighted by Crippen LogP contribution is 2.29. The summed E-state index contributed by atoms with van der Waals surface area (Å²) in [5.41, 5.74) is 5.82. The second kappa shape index (κ2) is 5.35. The summed E-state index contributed by atoms with van der Waals surface area (Å²) in [7, 11) is 1.78. The fourth-order valence-electron chi connectivity index (χ4n) is 2.72. The Labute approximate surface area is 106 Å². The molecule has 0 radical (unpaired) electrons. The Kier molecular flexibility index (Phi) is 3.81. The fourth-order valence-corrected chi connectivity index (χ4v) is 2.72. The zero-order valence-corrected chi connectivity index (χ0v) is 10.6. The molecule has 0 aliphatic heterocycles. The predicted octanol–water partition coefficient (Wildman–Crippen LogP) is 0.574. The lowest BCUT2D eigenvalue weighted by Gasteiger charge is -2.29. The molecule has 98 valence electrons. The number of rotatable bonds is 3. The van der Waals surface area contributed by atoms with Crippen LogP contribution in [0.1, 0.15) is 29.8 Å². The summed E-state index contributed by atoms with van der Waals surface area (Å²) in [5, 5.41) is 0. The number of carbonyl (C=O) groups excluding carboxylic acids is 1. The minimum absolute atomic E-state index is 0.141. The van der Waals surface area contributed by atoms with Crippen molar-refractivity contribution in [3.05, 3.63) is 34.2 Å². The summed E-state index contributed by atoms with van der Waals surface area (Å²) in [4.78, 5) is 27.8. The van der Waals surface area contributed by atoms with Crippen molar-refractivity contribution in [2.24, 2.45) is 11.7 Å². The summed E-state index contributed by atoms with van der Waals surface area (Å²) in [6.45, 7) is 0.605. The van der Waals surface area contributed by atoms with Crippen LogP contribution in [-0.4, -0.2) is 35.4 Å². The van der Waals surface area contributed by atoms with Gasteiger partial charge in [0.2, 0.25) is 5.56 Å². The minimum atomic E-state index is -0.254. The number of nitrogens with zero attached hydrogens (tertiary/aromatic N) is 1. The van der Waals surface area contributed by atoms with Crippen molar-refractivity contribution in [1.29, 1.82) is 0 Å². The molecule has 1 amide bonds. The molecule has 0 saturated heterocycles. The molecule has 1 aliphatic carbocycles. The van der Waals surface area contributed by atoms with Crippen LogP contribution in [0.25, 0.3) is 0 Å². The lowest BCUT2D eigenvalue weighted by atomic mass is 10.0. The van der Waals surface area contributed by atoms with Gasteiger partial charge in [-0.15, -0.1) is 0 Å². The molecule has 1 aliphatic rings. The maximum atomic E-state index is 12.3. The maximum Gasteiger partial charge on any atom is 0.270 e. The van der Waals surface area contributed by atoms with Crippen molar-refractivity contribution in [3.63, 3.8) is 0 Å². The first kappa shape index (κ1) is 12.8. The van der Waals surface area contributed by atoms with E-state index in [4.69, 9.17) is 5.73 Å². The first-order valence-electron chi connectivity index (χ1n) is 6.30. The van der Waals surface area contributed by atoms with Crippen LogP contribution < -0.4 is 11.3 Å². The number of hydrogen-bond donors (Lipinski definition) is 2. The third-order valence-corrected chi connectivity index (χ3v) is 3.74. The molecular weight excluding hydrogens is 230 g/mol. The van der Waals surface area contributed by atoms with Crippen LogP contribution in [0.2, 0.25) is 0 Å². The number of nitrogens with two attached hydrogens (primary N) is 1. The van der Waals surface area contributed by atoms with Gasteiger partial charge in [-0.1, -0.05) is 12.5 Å². The summed E-state index contributed by atoms with van der Waals surface area (Å²) < 4.78 is 0. The summed E-state index contributed by atoms with van der Waals surface area (Å²) >= 11 is 0. The predicted molar refractivity (Wildman–Crippen MR) is 69.3 cm³/mol. The number of hydrogen-bond acceptors (Lipinski definition) is 3. The number of amides is 1. The number of H-pyrrole nitrogens is 1. The number of aromatic nitrogens is 1. The van der Waals surface area contributed by atoms with E-state index in [9.17, 15) is 9.59 Å². The van der Waals surface area contributed by atoms with Crippen LogP contribution in [0, 0.1) is 5.92 Å². The molecule has 5 heteroatoms. The van der Waals surface area contributed by atoms with Crippen molar-refractivity contribution in [1.82, 2.24) is 9.88 Å². The molecule has 5 nitrogen and oxygen atoms in total. The lowest BCUT2D eigenvalue weighted by Crippen LogP contribution is -2.42. The topological polar surface area (TPSA) is 79.2 Å². The molecule has 1 fully saturated rings. The zero-order valence-electron chi connectivity index (χ0n) is 10.6. The number of nitrogens with one attached hydrogen (secondary N) is 1. The Morgan fingerprint density at radius 3 is 2.94 bits per heavy atom. The smallest absolute Gasteiger partial charge is 0.270 e. The minimum Gasteiger partial charge on any atom is -0.337 e. The van der Waals surface area contributed by atoms with Crippen LogP contribution in [0.15, 0.2) is 23.0 Å². The second-order valence-electron chi connectivity index (χ2n) is 4.84. The first-order valence-corrected chi connectivity index (χ1v) is 6.30. The van der Waals surface area contributed by atoms with Gasteiger partial charge in [-0.05, 0) is 31.4 Å². The van der Waals surface area contributed by atoms with E-state index in [0.29, 0.717) is 18.2 Å².